The molecule has 0 radical (unpaired) electrons. The van der Waals surface area contributed by atoms with E-state index in [4.69, 9.17) is 16.0 Å². The van der Waals surface area contributed by atoms with Gasteiger partial charge in [-0.05, 0) is 48.4 Å². The van der Waals surface area contributed by atoms with Gasteiger partial charge in [0, 0.05) is 29.6 Å². The van der Waals surface area contributed by atoms with Gasteiger partial charge < -0.3 is 9.73 Å². The summed E-state index contributed by atoms with van der Waals surface area (Å²) in [6.07, 6.45) is 0.728. The number of benzene rings is 2. The number of carbonyl (C=O) groups is 1. The van der Waals surface area contributed by atoms with Crippen molar-refractivity contribution in [2.75, 3.05) is 6.54 Å². The first-order valence-corrected chi connectivity index (χ1v) is 7.93. The molecule has 1 amide bonds. The average Bonchev–Trinajstić information content (AvgIpc) is 3.01. The van der Waals surface area contributed by atoms with Crippen LogP contribution in [0.4, 0.5) is 0 Å². The first-order chi connectivity index (χ1) is 11.6. The van der Waals surface area contributed by atoms with Gasteiger partial charge in [-0.3, -0.25) is 4.79 Å². The number of halogens is 1. The second kappa shape index (κ2) is 7.27. The van der Waals surface area contributed by atoms with Crippen LogP contribution in [0.2, 0.25) is 5.02 Å². The molecule has 0 unspecified atom stereocenters. The zero-order chi connectivity index (χ0) is 16.9. The van der Waals surface area contributed by atoms with E-state index < -0.39 is 0 Å². The highest BCUT2D eigenvalue weighted by Gasteiger charge is 2.09. The minimum Gasteiger partial charge on any atom is -0.421 e. The second-order valence-corrected chi connectivity index (χ2v) is 5.78. The Balaban J connectivity index is 1.57. The molecule has 5 nitrogen and oxygen atoms in total. The van der Waals surface area contributed by atoms with E-state index in [1.807, 2.05) is 24.3 Å². The highest BCUT2D eigenvalue weighted by molar-refractivity contribution is 6.30. The molecule has 6 heteroatoms. The van der Waals surface area contributed by atoms with Crippen LogP contribution < -0.4 is 5.32 Å². The standard InChI is InChI=1S/C18H16ClN3O2/c1-12-21-22-18(24-12)15-7-5-14(6-8-15)17(23)20-10-9-13-3-2-4-16(19)11-13/h2-8,11H,9-10H2,1H3,(H,20,23). The van der Waals surface area contributed by atoms with Crippen molar-refractivity contribution >= 4 is 17.5 Å². The van der Waals surface area contributed by atoms with Crippen molar-refractivity contribution in [1.29, 1.82) is 0 Å². The topological polar surface area (TPSA) is 68.0 Å². The third-order valence-electron chi connectivity index (χ3n) is 3.51. The minimum atomic E-state index is -0.120. The summed E-state index contributed by atoms with van der Waals surface area (Å²) in [6.45, 7) is 2.28. The first kappa shape index (κ1) is 16.2. The van der Waals surface area contributed by atoms with Gasteiger partial charge in [-0.25, -0.2) is 0 Å². The molecule has 0 aliphatic rings. The van der Waals surface area contributed by atoms with Gasteiger partial charge >= 0.3 is 0 Å². The van der Waals surface area contributed by atoms with Gasteiger partial charge in [-0.2, -0.15) is 0 Å². The van der Waals surface area contributed by atoms with Crippen LogP contribution in [0, 0.1) is 6.92 Å². The van der Waals surface area contributed by atoms with E-state index in [1.165, 1.54) is 0 Å². The number of hydrogen-bond acceptors (Lipinski definition) is 4. The summed E-state index contributed by atoms with van der Waals surface area (Å²) < 4.78 is 5.36. The third-order valence-corrected chi connectivity index (χ3v) is 3.74. The van der Waals surface area contributed by atoms with Crippen LogP contribution in [-0.4, -0.2) is 22.6 Å². The zero-order valence-electron chi connectivity index (χ0n) is 13.1. The van der Waals surface area contributed by atoms with Crippen molar-refractivity contribution in [3.63, 3.8) is 0 Å². The molecule has 0 aliphatic heterocycles. The SMILES string of the molecule is Cc1nnc(-c2ccc(C(=O)NCCc3cccc(Cl)c3)cc2)o1. The molecule has 122 valence electrons. The van der Waals surface area contributed by atoms with E-state index in [0.29, 0.717) is 28.9 Å². The van der Waals surface area contributed by atoms with E-state index in [9.17, 15) is 4.79 Å². The largest absolute Gasteiger partial charge is 0.421 e. The Morgan fingerprint density at radius 2 is 1.96 bits per heavy atom. The number of hydrogen-bond donors (Lipinski definition) is 1. The molecule has 1 heterocycles. The number of aryl methyl sites for hydroxylation is 1. The highest BCUT2D eigenvalue weighted by atomic mass is 35.5. The zero-order valence-corrected chi connectivity index (χ0v) is 13.9. The van der Waals surface area contributed by atoms with Crippen LogP contribution in [0.3, 0.4) is 0 Å². The summed E-state index contributed by atoms with van der Waals surface area (Å²) in [4.78, 5) is 12.2. The second-order valence-electron chi connectivity index (χ2n) is 5.34. The summed E-state index contributed by atoms with van der Waals surface area (Å²) in [5.74, 6) is 0.832. The molecule has 3 rings (SSSR count). The molecule has 0 aliphatic carbocycles. The number of amides is 1. The van der Waals surface area contributed by atoms with Crippen LogP contribution in [0.5, 0.6) is 0 Å². The van der Waals surface area contributed by atoms with Crippen molar-refractivity contribution < 1.29 is 9.21 Å². The molecule has 0 bridgehead atoms. The van der Waals surface area contributed by atoms with E-state index >= 15 is 0 Å². The van der Waals surface area contributed by atoms with E-state index in [2.05, 4.69) is 15.5 Å². The Hall–Kier alpha value is -2.66. The Bertz CT molecular complexity index is 843. The van der Waals surface area contributed by atoms with Gasteiger partial charge in [0.2, 0.25) is 11.8 Å². The Morgan fingerprint density at radius 1 is 1.17 bits per heavy atom. The average molecular weight is 342 g/mol. The summed E-state index contributed by atoms with van der Waals surface area (Å²) in [7, 11) is 0. The maximum atomic E-state index is 12.2. The lowest BCUT2D eigenvalue weighted by molar-refractivity contribution is 0.0954. The Kier molecular flexibility index (Phi) is 4.91. The van der Waals surface area contributed by atoms with Crippen LogP contribution in [-0.2, 0) is 6.42 Å². The molecule has 1 N–H and O–H groups in total. The molecule has 0 atom stereocenters. The lowest BCUT2D eigenvalue weighted by Gasteiger charge is -2.06. The van der Waals surface area contributed by atoms with Crippen LogP contribution in [0.25, 0.3) is 11.5 Å². The van der Waals surface area contributed by atoms with E-state index in [-0.39, 0.29) is 5.91 Å². The molecular weight excluding hydrogens is 326 g/mol. The maximum Gasteiger partial charge on any atom is 0.251 e. The van der Waals surface area contributed by atoms with Crippen molar-refractivity contribution in [1.82, 2.24) is 15.5 Å². The van der Waals surface area contributed by atoms with E-state index in [0.717, 1.165) is 17.5 Å². The fraction of sp³-hybridized carbons (Fsp3) is 0.167. The number of nitrogens with zero attached hydrogens (tertiary/aromatic N) is 2. The lowest BCUT2D eigenvalue weighted by Crippen LogP contribution is -2.25. The number of rotatable bonds is 5. The van der Waals surface area contributed by atoms with Crippen LogP contribution in [0.15, 0.2) is 52.9 Å². The quantitative estimate of drug-likeness (QED) is 0.768. The molecule has 0 spiro atoms. The maximum absolute atomic E-state index is 12.2. The Labute approximate surface area is 144 Å². The fourth-order valence-electron chi connectivity index (χ4n) is 2.29. The summed E-state index contributed by atoms with van der Waals surface area (Å²) in [5, 5.41) is 11.3. The molecular formula is C18H16ClN3O2. The highest BCUT2D eigenvalue weighted by Crippen LogP contribution is 2.18. The predicted molar refractivity (Wildman–Crippen MR) is 92.0 cm³/mol. The molecule has 1 aromatic heterocycles. The Morgan fingerprint density at radius 3 is 2.62 bits per heavy atom. The normalized spacial score (nSPS) is 10.6. The van der Waals surface area contributed by atoms with Gasteiger partial charge in [-0.15, -0.1) is 10.2 Å². The van der Waals surface area contributed by atoms with Crippen molar-refractivity contribution in [2.24, 2.45) is 0 Å². The lowest BCUT2D eigenvalue weighted by atomic mass is 10.1. The van der Waals surface area contributed by atoms with Gasteiger partial charge in [0.15, 0.2) is 0 Å². The molecule has 0 saturated heterocycles. The van der Waals surface area contributed by atoms with Gasteiger partial charge in [0.25, 0.3) is 5.91 Å². The number of carbonyl (C=O) groups excluding carboxylic acids is 1. The van der Waals surface area contributed by atoms with Crippen LogP contribution in [0.1, 0.15) is 21.8 Å². The van der Waals surface area contributed by atoms with Gasteiger partial charge in [0.1, 0.15) is 0 Å². The smallest absolute Gasteiger partial charge is 0.251 e. The predicted octanol–water partition coefficient (Wildman–Crippen LogP) is 3.67. The van der Waals surface area contributed by atoms with Gasteiger partial charge in [0.05, 0.1) is 0 Å². The van der Waals surface area contributed by atoms with E-state index in [1.54, 1.807) is 31.2 Å². The third kappa shape index (κ3) is 4.00. The fourth-order valence-corrected chi connectivity index (χ4v) is 2.51. The molecule has 0 fully saturated rings. The van der Waals surface area contributed by atoms with Crippen molar-refractivity contribution in [2.45, 2.75) is 13.3 Å². The number of aromatic nitrogens is 2. The monoisotopic (exact) mass is 341 g/mol. The first-order valence-electron chi connectivity index (χ1n) is 7.55. The van der Waals surface area contributed by atoms with Gasteiger partial charge in [-0.1, -0.05) is 23.7 Å². The van der Waals surface area contributed by atoms with Crippen molar-refractivity contribution in [3.05, 3.63) is 70.6 Å². The van der Waals surface area contributed by atoms with Crippen molar-refractivity contribution in [3.8, 4) is 11.5 Å². The summed E-state index contributed by atoms with van der Waals surface area (Å²) in [6, 6.07) is 14.7. The summed E-state index contributed by atoms with van der Waals surface area (Å²) in [5.41, 5.74) is 2.46. The molecule has 2 aromatic carbocycles. The number of nitrogens with one attached hydrogen (secondary N) is 1. The summed E-state index contributed by atoms with van der Waals surface area (Å²) >= 11 is 5.94. The minimum absolute atomic E-state index is 0.120. The molecule has 3 aromatic rings. The molecule has 24 heavy (non-hydrogen) atoms. The molecule has 0 saturated carbocycles. The van der Waals surface area contributed by atoms with Crippen LogP contribution >= 0.6 is 11.6 Å².